The minimum atomic E-state index is -3.87. The molecule has 1 aromatic rings. The number of rotatable bonds is 6. The van der Waals surface area contributed by atoms with Crippen LogP contribution in [0.1, 0.15) is 51.9 Å². The van der Waals surface area contributed by atoms with Gasteiger partial charge in [-0.3, -0.25) is 4.79 Å². The van der Waals surface area contributed by atoms with E-state index in [0.717, 1.165) is 38.5 Å². The first-order valence-electron chi connectivity index (χ1n) is 10.6. The van der Waals surface area contributed by atoms with Crippen molar-refractivity contribution in [1.29, 1.82) is 0 Å². The van der Waals surface area contributed by atoms with Gasteiger partial charge in [0, 0.05) is 12.1 Å². The van der Waals surface area contributed by atoms with Gasteiger partial charge in [-0.2, -0.15) is 4.31 Å². The lowest BCUT2D eigenvalue weighted by Crippen LogP contribution is -2.46. The van der Waals surface area contributed by atoms with E-state index in [9.17, 15) is 13.2 Å². The molecule has 0 spiro atoms. The van der Waals surface area contributed by atoms with E-state index in [-0.39, 0.29) is 16.9 Å². The third-order valence-electron chi connectivity index (χ3n) is 6.13. The average Bonchev–Trinajstić information content (AvgIpc) is 3.14. The van der Waals surface area contributed by atoms with Crippen LogP contribution < -0.4 is 9.47 Å². The number of benzene rings is 1. The Morgan fingerprint density at radius 3 is 2.72 bits per heavy atom. The van der Waals surface area contributed by atoms with Crippen LogP contribution in [-0.4, -0.2) is 50.6 Å². The fourth-order valence-electron chi connectivity index (χ4n) is 4.68. The molecule has 1 aromatic carbocycles. The van der Waals surface area contributed by atoms with Gasteiger partial charge in [-0.1, -0.05) is 26.2 Å². The first-order valence-corrected chi connectivity index (χ1v) is 12.1. The Morgan fingerprint density at radius 2 is 1.93 bits per heavy atom. The fraction of sp³-hybridized carbons (Fsp3) is 0.667. The van der Waals surface area contributed by atoms with Crippen molar-refractivity contribution in [2.24, 2.45) is 5.92 Å². The summed E-state index contributed by atoms with van der Waals surface area (Å²) in [7, 11) is -3.87. The number of ether oxygens (including phenoxy) is 3. The maximum Gasteiger partial charge on any atom is 0.324 e. The fourth-order valence-corrected chi connectivity index (χ4v) is 6.57. The molecule has 0 unspecified atom stereocenters. The van der Waals surface area contributed by atoms with Crippen LogP contribution in [0, 0.1) is 5.92 Å². The van der Waals surface area contributed by atoms with Gasteiger partial charge in [-0.05, 0) is 43.7 Å². The average molecular weight is 424 g/mol. The monoisotopic (exact) mass is 423 g/mol. The topological polar surface area (TPSA) is 82.1 Å². The highest BCUT2D eigenvalue weighted by molar-refractivity contribution is 7.89. The summed E-state index contributed by atoms with van der Waals surface area (Å²) in [4.78, 5) is 12.9. The second-order valence-electron chi connectivity index (χ2n) is 8.02. The molecule has 3 aliphatic rings. The van der Waals surface area contributed by atoms with Crippen LogP contribution in [0.5, 0.6) is 11.5 Å². The Hall–Kier alpha value is -1.80. The second-order valence-corrected chi connectivity index (χ2v) is 9.87. The number of hydrogen-bond acceptors (Lipinski definition) is 6. The van der Waals surface area contributed by atoms with E-state index in [0.29, 0.717) is 37.7 Å². The van der Waals surface area contributed by atoms with Crippen molar-refractivity contribution in [1.82, 2.24) is 4.31 Å². The molecule has 3 atom stereocenters. The molecule has 2 aliphatic heterocycles. The lowest BCUT2D eigenvalue weighted by Gasteiger charge is -2.32. The van der Waals surface area contributed by atoms with E-state index in [4.69, 9.17) is 14.2 Å². The predicted octanol–water partition coefficient (Wildman–Crippen LogP) is 3.12. The van der Waals surface area contributed by atoms with Gasteiger partial charge in [0.15, 0.2) is 11.5 Å². The van der Waals surface area contributed by atoms with Crippen LogP contribution in [0.15, 0.2) is 23.1 Å². The summed E-state index contributed by atoms with van der Waals surface area (Å²) >= 11 is 0. The van der Waals surface area contributed by atoms with Crippen molar-refractivity contribution >= 4 is 16.0 Å². The second kappa shape index (κ2) is 8.52. The molecule has 1 aliphatic carbocycles. The van der Waals surface area contributed by atoms with E-state index in [1.807, 2.05) is 6.92 Å². The van der Waals surface area contributed by atoms with Gasteiger partial charge in [-0.15, -0.1) is 0 Å². The minimum absolute atomic E-state index is 0.138. The molecule has 2 fully saturated rings. The van der Waals surface area contributed by atoms with Gasteiger partial charge in [0.05, 0.1) is 11.5 Å². The zero-order valence-electron chi connectivity index (χ0n) is 16.8. The van der Waals surface area contributed by atoms with E-state index in [1.165, 1.54) is 10.4 Å². The predicted molar refractivity (Wildman–Crippen MR) is 106 cm³/mol. The molecular weight excluding hydrogens is 394 g/mol. The van der Waals surface area contributed by atoms with Crippen molar-refractivity contribution in [2.75, 3.05) is 19.8 Å². The van der Waals surface area contributed by atoms with Crippen LogP contribution in [-0.2, 0) is 19.6 Å². The zero-order valence-corrected chi connectivity index (χ0v) is 17.7. The largest absolute Gasteiger partial charge is 0.486 e. The molecule has 1 saturated heterocycles. The Morgan fingerprint density at radius 1 is 1.17 bits per heavy atom. The quantitative estimate of drug-likeness (QED) is 0.516. The third-order valence-corrected chi connectivity index (χ3v) is 8.06. The molecule has 0 bridgehead atoms. The van der Waals surface area contributed by atoms with Crippen molar-refractivity contribution in [2.45, 2.75) is 68.8 Å². The summed E-state index contributed by atoms with van der Waals surface area (Å²) in [5, 5.41) is 0. The number of nitrogens with zero attached hydrogens (tertiary/aromatic N) is 1. The van der Waals surface area contributed by atoms with Crippen LogP contribution in [0.4, 0.5) is 0 Å². The summed E-state index contributed by atoms with van der Waals surface area (Å²) in [6.45, 7) is 3.19. The Balaban J connectivity index is 1.65. The molecule has 0 amide bonds. The van der Waals surface area contributed by atoms with Gasteiger partial charge in [0.2, 0.25) is 10.0 Å². The number of unbranched alkanes of at least 4 members (excludes halogenated alkanes) is 1. The summed E-state index contributed by atoms with van der Waals surface area (Å²) in [5.74, 6) is 0.759. The van der Waals surface area contributed by atoms with Crippen molar-refractivity contribution in [3.63, 3.8) is 0 Å². The van der Waals surface area contributed by atoms with Gasteiger partial charge in [0.25, 0.3) is 0 Å². The summed E-state index contributed by atoms with van der Waals surface area (Å²) in [6, 6.07) is 3.78. The Bertz CT molecular complexity index is 855. The standard InChI is InChI=1S/C21H29NO6S/c1-2-3-10-28-21(23)18-13-15-6-4-5-7-17(15)22(18)29(24,25)16-8-9-19-20(14-16)27-12-11-26-19/h8-9,14-15,17-18H,2-7,10-13H2,1H3/t15-,17+,18+/m1/s1. The highest BCUT2D eigenvalue weighted by Crippen LogP contribution is 2.44. The summed E-state index contributed by atoms with van der Waals surface area (Å²) in [6.07, 6.45) is 6.04. The maximum atomic E-state index is 13.6. The molecule has 8 heteroatoms. The van der Waals surface area contributed by atoms with E-state index < -0.39 is 22.0 Å². The van der Waals surface area contributed by atoms with Crippen molar-refractivity contribution in [3.05, 3.63) is 18.2 Å². The first-order chi connectivity index (χ1) is 14.0. The first kappa shape index (κ1) is 20.5. The molecule has 4 rings (SSSR count). The molecule has 2 heterocycles. The van der Waals surface area contributed by atoms with Gasteiger partial charge < -0.3 is 14.2 Å². The molecule has 0 N–H and O–H groups in total. The zero-order chi connectivity index (χ0) is 20.4. The van der Waals surface area contributed by atoms with Crippen LogP contribution in [0.3, 0.4) is 0 Å². The van der Waals surface area contributed by atoms with Crippen molar-refractivity contribution < 1.29 is 27.4 Å². The van der Waals surface area contributed by atoms with Crippen molar-refractivity contribution in [3.8, 4) is 11.5 Å². The van der Waals surface area contributed by atoms with Gasteiger partial charge >= 0.3 is 5.97 Å². The van der Waals surface area contributed by atoms with E-state index >= 15 is 0 Å². The number of fused-ring (bicyclic) bond motifs is 2. The lowest BCUT2D eigenvalue weighted by atomic mass is 9.85. The normalized spacial score (nSPS) is 26.7. The smallest absolute Gasteiger partial charge is 0.324 e. The lowest BCUT2D eigenvalue weighted by molar-refractivity contribution is -0.147. The number of hydrogen-bond donors (Lipinski definition) is 0. The number of esters is 1. The molecular formula is C21H29NO6S. The molecule has 160 valence electrons. The molecule has 1 saturated carbocycles. The van der Waals surface area contributed by atoms with E-state index in [1.54, 1.807) is 12.1 Å². The molecule has 7 nitrogen and oxygen atoms in total. The molecule has 29 heavy (non-hydrogen) atoms. The van der Waals surface area contributed by atoms with Crippen LogP contribution in [0.2, 0.25) is 0 Å². The highest BCUT2D eigenvalue weighted by Gasteiger charge is 2.51. The molecule has 0 radical (unpaired) electrons. The number of carbonyl (C=O) groups excluding carboxylic acids is 1. The van der Waals surface area contributed by atoms with Crippen LogP contribution in [0.25, 0.3) is 0 Å². The third kappa shape index (κ3) is 3.97. The van der Waals surface area contributed by atoms with E-state index in [2.05, 4.69) is 0 Å². The summed E-state index contributed by atoms with van der Waals surface area (Å²) in [5.41, 5.74) is 0. The summed E-state index contributed by atoms with van der Waals surface area (Å²) < 4.78 is 45.2. The Labute approximate surface area is 172 Å². The minimum Gasteiger partial charge on any atom is -0.486 e. The Kier molecular flexibility index (Phi) is 6.01. The van der Waals surface area contributed by atoms with Gasteiger partial charge in [-0.25, -0.2) is 8.42 Å². The number of sulfonamides is 1. The molecule has 0 aromatic heterocycles. The van der Waals surface area contributed by atoms with Crippen LogP contribution >= 0.6 is 0 Å². The number of carbonyl (C=O) groups is 1. The highest BCUT2D eigenvalue weighted by atomic mass is 32.2. The maximum absolute atomic E-state index is 13.6. The van der Waals surface area contributed by atoms with Gasteiger partial charge in [0.1, 0.15) is 19.3 Å². The SMILES string of the molecule is CCCCOC(=O)[C@@H]1C[C@H]2CCCC[C@@H]2N1S(=O)(=O)c1ccc2c(c1)OCCO2.